The van der Waals surface area contributed by atoms with Crippen LogP contribution in [0.5, 0.6) is 5.75 Å². The largest absolute Gasteiger partial charge is 0.483 e. The summed E-state index contributed by atoms with van der Waals surface area (Å²) in [6.45, 7) is 5.93. The highest BCUT2D eigenvalue weighted by atomic mass is 16.5. The summed E-state index contributed by atoms with van der Waals surface area (Å²) in [6.07, 6.45) is 0.688. The van der Waals surface area contributed by atoms with Crippen molar-refractivity contribution in [2.24, 2.45) is 0 Å². The molecule has 7 nitrogen and oxygen atoms in total. The molecule has 1 heterocycles. The Hall–Kier alpha value is -3.35. The van der Waals surface area contributed by atoms with Crippen LogP contribution in [0, 0.1) is 13.8 Å². The molecule has 164 valence electrons. The number of benzene rings is 2. The normalized spacial score (nSPS) is 14.0. The van der Waals surface area contributed by atoms with Gasteiger partial charge in [-0.1, -0.05) is 30.3 Å². The minimum absolute atomic E-state index is 0.0224. The first-order valence-corrected chi connectivity index (χ1v) is 10.5. The average molecular weight is 424 g/mol. The molecule has 1 saturated heterocycles. The minimum atomic E-state index is -0.274. The van der Waals surface area contributed by atoms with Gasteiger partial charge in [0.15, 0.2) is 6.61 Å². The zero-order valence-corrected chi connectivity index (χ0v) is 18.1. The topological polar surface area (TPSA) is 79.0 Å². The Morgan fingerprint density at radius 2 is 1.55 bits per heavy atom. The Morgan fingerprint density at radius 3 is 2.26 bits per heavy atom. The molecule has 0 spiro atoms. The molecule has 1 fully saturated rings. The molecule has 1 aliphatic heterocycles. The monoisotopic (exact) mass is 423 g/mol. The smallest absolute Gasteiger partial charge is 0.260 e. The lowest BCUT2D eigenvalue weighted by Crippen LogP contribution is -2.43. The average Bonchev–Trinajstić information content (AvgIpc) is 3.05. The first-order valence-electron chi connectivity index (χ1n) is 10.5. The first-order chi connectivity index (χ1) is 15.0. The number of nitrogens with one attached hydrogen (secondary N) is 1. The second-order valence-electron chi connectivity index (χ2n) is 7.65. The van der Waals surface area contributed by atoms with Crippen LogP contribution in [0.15, 0.2) is 48.5 Å². The van der Waals surface area contributed by atoms with E-state index in [4.69, 9.17) is 4.74 Å². The SMILES string of the molecule is Cc1cccc(OCC(=O)N2CCCN(C(=O)CNC(=O)c3ccccc3)CC2)c1C. The molecule has 1 aliphatic rings. The molecule has 0 radical (unpaired) electrons. The van der Waals surface area contributed by atoms with Crippen LogP contribution in [0.4, 0.5) is 0 Å². The standard InChI is InChI=1S/C24H29N3O4/c1-18-8-6-11-21(19(18)2)31-17-23(29)27-13-7-12-26(14-15-27)22(28)16-25-24(30)20-9-4-3-5-10-20/h3-6,8-11H,7,12-17H2,1-2H3,(H,25,30). The maximum atomic E-state index is 12.6. The van der Waals surface area contributed by atoms with Crippen LogP contribution in [0.25, 0.3) is 0 Å². The van der Waals surface area contributed by atoms with Crippen molar-refractivity contribution in [3.8, 4) is 5.75 Å². The third kappa shape index (κ3) is 6.07. The van der Waals surface area contributed by atoms with Gasteiger partial charge >= 0.3 is 0 Å². The zero-order chi connectivity index (χ0) is 22.2. The van der Waals surface area contributed by atoms with Gasteiger partial charge in [-0.25, -0.2) is 0 Å². The van der Waals surface area contributed by atoms with E-state index in [9.17, 15) is 14.4 Å². The molecular formula is C24H29N3O4. The van der Waals surface area contributed by atoms with Crippen LogP contribution in [0.2, 0.25) is 0 Å². The molecular weight excluding hydrogens is 394 g/mol. The minimum Gasteiger partial charge on any atom is -0.483 e. The molecule has 0 bridgehead atoms. The van der Waals surface area contributed by atoms with Gasteiger partial charge in [0, 0.05) is 31.7 Å². The Balaban J connectivity index is 1.45. The number of hydrogen-bond donors (Lipinski definition) is 1. The molecule has 2 aromatic carbocycles. The van der Waals surface area contributed by atoms with Gasteiger partial charge in [0.25, 0.3) is 11.8 Å². The fraction of sp³-hybridized carbons (Fsp3) is 0.375. The van der Waals surface area contributed by atoms with Gasteiger partial charge in [-0.15, -0.1) is 0 Å². The lowest BCUT2D eigenvalue weighted by molar-refractivity contribution is -0.134. The number of amides is 3. The van der Waals surface area contributed by atoms with Crippen LogP contribution < -0.4 is 10.1 Å². The van der Waals surface area contributed by atoms with E-state index in [0.29, 0.717) is 43.9 Å². The van der Waals surface area contributed by atoms with Crippen molar-refractivity contribution in [1.29, 1.82) is 0 Å². The predicted molar refractivity (Wildman–Crippen MR) is 118 cm³/mol. The number of carbonyl (C=O) groups excluding carboxylic acids is 3. The first kappa shape index (κ1) is 22.3. The van der Waals surface area contributed by atoms with Crippen LogP contribution in [0.1, 0.15) is 27.9 Å². The van der Waals surface area contributed by atoms with E-state index in [-0.39, 0.29) is 30.9 Å². The van der Waals surface area contributed by atoms with Crippen molar-refractivity contribution in [3.05, 3.63) is 65.2 Å². The highest BCUT2D eigenvalue weighted by Gasteiger charge is 2.22. The summed E-state index contributed by atoms with van der Waals surface area (Å²) in [7, 11) is 0. The summed E-state index contributed by atoms with van der Waals surface area (Å²) in [5.41, 5.74) is 2.67. The van der Waals surface area contributed by atoms with Crippen molar-refractivity contribution in [2.45, 2.75) is 20.3 Å². The Bertz CT molecular complexity index is 930. The van der Waals surface area contributed by atoms with Gasteiger partial charge in [0.1, 0.15) is 5.75 Å². The van der Waals surface area contributed by atoms with Crippen molar-refractivity contribution >= 4 is 17.7 Å². The number of nitrogens with zero attached hydrogens (tertiary/aromatic N) is 2. The van der Waals surface area contributed by atoms with Gasteiger partial charge in [0.2, 0.25) is 5.91 Å². The van der Waals surface area contributed by atoms with E-state index in [1.54, 1.807) is 34.1 Å². The van der Waals surface area contributed by atoms with E-state index >= 15 is 0 Å². The van der Waals surface area contributed by atoms with Crippen molar-refractivity contribution in [2.75, 3.05) is 39.3 Å². The fourth-order valence-electron chi connectivity index (χ4n) is 3.49. The zero-order valence-electron chi connectivity index (χ0n) is 18.1. The van der Waals surface area contributed by atoms with Gasteiger partial charge in [-0.2, -0.15) is 0 Å². The number of ether oxygens (including phenoxy) is 1. The summed E-state index contributed by atoms with van der Waals surface area (Å²) in [4.78, 5) is 40.7. The predicted octanol–water partition coefficient (Wildman–Crippen LogP) is 2.17. The summed E-state index contributed by atoms with van der Waals surface area (Å²) in [6, 6.07) is 14.6. The van der Waals surface area contributed by atoms with Crippen LogP contribution in [-0.2, 0) is 9.59 Å². The molecule has 3 rings (SSSR count). The molecule has 0 aliphatic carbocycles. The van der Waals surface area contributed by atoms with Crippen LogP contribution in [0.3, 0.4) is 0 Å². The molecule has 0 atom stereocenters. The number of hydrogen-bond acceptors (Lipinski definition) is 4. The molecule has 3 amide bonds. The molecule has 0 unspecified atom stereocenters. The second kappa shape index (κ2) is 10.6. The maximum Gasteiger partial charge on any atom is 0.260 e. The Labute approximate surface area is 183 Å². The third-order valence-corrected chi connectivity index (χ3v) is 5.54. The van der Waals surface area contributed by atoms with Crippen molar-refractivity contribution in [3.63, 3.8) is 0 Å². The summed E-state index contributed by atoms with van der Waals surface area (Å²) in [5, 5.41) is 2.67. The molecule has 31 heavy (non-hydrogen) atoms. The molecule has 0 aromatic heterocycles. The number of aryl methyl sites for hydroxylation is 1. The van der Waals surface area contributed by atoms with Gasteiger partial charge in [-0.3, -0.25) is 14.4 Å². The number of carbonyl (C=O) groups is 3. The lowest BCUT2D eigenvalue weighted by Gasteiger charge is -2.22. The van der Waals surface area contributed by atoms with Crippen molar-refractivity contribution < 1.29 is 19.1 Å². The number of rotatable bonds is 6. The third-order valence-electron chi connectivity index (χ3n) is 5.54. The van der Waals surface area contributed by atoms with Crippen LogP contribution in [-0.4, -0.2) is 66.9 Å². The summed E-state index contributed by atoms with van der Waals surface area (Å²) in [5.74, 6) is 0.205. The van der Waals surface area contributed by atoms with Gasteiger partial charge in [-0.05, 0) is 49.6 Å². The summed E-state index contributed by atoms with van der Waals surface area (Å²) < 4.78 is 5.74. The fourth-order valence-corrected chi connectivity index (χ4v) is 3.49. The van der Waals surface area contributed by atoms with Crippen molar-refractivity contribution in [1.82, 2.24) is 15.1 Å². The molecule has 1 N–H and O–H groups in total. The summed E-state index contributed by atoms with van der Waals surface area (Å²) >= 11 is 0. The second-order valence-corrected chi connectivity index (χ2v) is 7.65. The highest BCUT2D eigenvalue weighted by molar-refractivity contribution is 5.96. The van der Waals surface area contributed by atoms with E-state index in [1.807, 2.05) is 38.1 Å². The molecule has 7 heteroatoms. The van der Waals surface area contributed by atoms with E-state index in [1.165, 1.54) is 0 Å². The van der Waals surface area contributed by atoms with E-state index in [2.05, 4.69) is 5.32 Å². The Morgan fingerprint density at radius 1 is 0.871 bits per heavy atom. The maximum absolute atomic E-state index is 12.6. The van der Waals surface area contributed by atoms with Gasteiger partial charge in [0.05, 0.1) is 6.54 Å². The highest BCUT2D eigenvalue weighted by Crippen LogP contribution is 2.20. The molecule has 2 aromatic rings. The van der Waals surface area contributed by atoms with Crippen LogP contribution >= 0.6 is 0 Å². The molecule has 0 saturated carbocycles. The lowest BCUT2D eigenvalue weighted by atomic mass is 10.1. The van der Waals surface area contributed by atoms with Gasteiger partial charge < -0.3 is 19.9 Å². The van der Waals surface area contributed by atoms with E-state index < -0.39 is 0 Å². The quantitative estimate of drug-likeness (QED) is 0.772. The van der Waals surface area contributed by atoms with E-state index in [0.717, 1.165) is 11.1 Å². The Kier molecular flexibility index (Phi) is 7.65.